The second-order valence-electron chi connectivity index (χ2n) is 9.27. The molecule has 0 saturated heterocycles. The second-order valence-corrected chi connectivity index (χ2v) is 9.27. The Balaban J connectivity index is 1.50. The van der Waals surface area contributed by atoms with Crippen LogP contribution in [-0.4, -0.2) is 63.6 Å². The van der Waals surface area contributed by atoms with Gasteiger partial charge in [0.05, 0.1) is 18.7 Å². The van der Waals surface area contributed by atoms with E-state index in [0.29, 0.717) is 11.3 Å². The van der Waals surface area contributed by atoms with Crippen LogP contribution in [0.25, 0.3) is 0 Å². The number of carbonyl (C=O) groups is 4. The van der Waals surface area contributed by atoms with E-state index < -0.39 is 17.4 Å². The van der Waals surface area contributed by atoms with Crippen LogP contribution in [0.5, 0.6) is 0 Å². The molecule has 2 N–H and O–H groups in total. The summed E-state index contributed by atoms with van der Waals surface area (Å²) in [4.78, 5) is 52.6. The van der Waals surface area contributed by atoms with Crippen molar-refractivity contribution in [1.82, 2.24) is 20.0 Å². The van der Waals surface area contributed by atoms with Gasteiger partial charge < -0.3 is 20.3 Å². The Morgan fingerprint density at radius 3 is 2.63 bits per heavy atom. The molecule has 2 aromatic rings. The van der Waals surface area contributed by atoms with Crippen LogP contribution in [0.15, 0.2) is 30.3 Å². The minimum Gasteiger partial charge on any atom is -0.462 e. The van der Waals surface area contributed by atoms with E-state index in [-0.39, 0.29) is 42.4 Å². The summed E-state index contributed by atoms with van der Waals surface area (Å²) in [5, 5.41) is 10.1. The minimum absolute atomic E-state index is 0.0419. The molecule has 0 spiro atoms. The Kier molecular flexibility index (Phi) is 6.90. The smallest absolute Gasteiger partial charge is 0.338 e. The maximum absolute atomic E-state index is 13.2. The summed E-state index contributed by atoms with van der Waals surface area (Å²) in [6, 6.07) is 7.91. The highest BCUT2D eigenvalue weighted by molar-refractivity contribution is 6.06. The number of likely N-dealkylation sites (N-methyl/N-ethyl adjacent to an activating group) is 1. The number of amides is 3. The summed E-state index contributed by atoms with van der Waals surface area (Å²) in [5.41, 5.74) is -0.145. The van der Waals surface area contributed by atoms with Crippen LogP contribution in [0.3, 0.4) is 0 Å². The van der Waals surface area contributed by atoms with E-state index in [9.17, 15) is 19.2 Å². The van der Waals surface area contributed by atoms with Gasteiger partial charge in [-0.15, -0.1) is 0 Å². The summed E-state index contributed by atoms with van der Waals surface area (Å²) in [5.74, 6) is -1.62. The molecule has 2 heterocycles. The van der Waals surface area contributed by atoms with Crippen molar-refractivity contribution in [1.29, 1.82) is 0 Å². The zero-order valence-electron chi connectivity index (χ0n) is 20.3. The van der Waals surface area contributed by atoms with Gasteiger partial charge in [-0.25, -0.2) is 4.79 Å². The SMILES string of the molecule is CCOC(=O)c1cccc(NC(=O)c2cc3n(n2)C[C@](C)(C(=O)NC2CCCCC2)N(C)C3=O)c1. The Morgan fingerprint density at radius 1 is 1.17 bits per heavy atom. The van der Waals surface area contributed by atoms with Gasteiger partial charge in [-0.2, -0.15) is 5.10 Å². The molecule has 35 heavy (non-hydrogen) atoms. The highest BCUT2D eigenvalue weighted by Gasteiger charge is 2.46. The van der Waals surface area contributed by atoms with Crippen LogP contribution >= 0.6 is 0 Å². The van der Waals surface area contributed by atoms with Crippen molar-refractivity contribution in [2.45, 2.75) is 64.1 Å². The van der Waals surface area contributed by atoms with Gasteiger partial charge in [0.25, 0.3) is 11.8 Å². The maximum Gasteiger partial charge on any atom is 0.338 e. The topological polar surface area (TPSA) is 123 Å². The van der Waals surface area contributed by atoms with Gasteiger partial charge in [0, 0.05) is 24.8 Å². The van der Waals surface area contributed by atoms with E-state index in [1.54, 1.807) is 39.1 Å². The van der Waals surface area contributed by atoms with Crippen molar-refractivity contribution >= 4 is 29.4 Å². The molecule has 3 amide bonds. The van der Waals surface area contributed by atoms with Crippen LogP contribution in [-0.2, 0) is 16.1 Å². The van der Waals surface area contributed by atoms with Crippen molar-refractivity contribution in [3.8, 4) is 0 Å². The minimum atomic E-state index is -1.13. The predicted octanol–water partition coefficient (Wildman–Crippen LogP) is 2.61. The number of anilines is 1. The molecule has 0 radical (unpaired) electrons. The van der Waals surface area contributed by atoms with Crippen molar-refractivity contribution in [3.05, 3.63) is 47.3 Å². The number of rotatable bonds is 6. The van der Waals surface area contributed by atoms with Crippen molar-refractivity contribution in [2.24, 2.45) is 0 Å². The number of fused-ring (bicyclic) bond motifs is 1. The van der Waals surface area contributed by atoms with Gasteiger partial charge in [0.2, 0.25) is 5.91 Å². The molecule has 0 bridgehead atoms. The molecule has 1 aromatic carbocycles. The normalized spacial score (nSPS) is 20.2. The number of carbonyl (C=O) groups excluding carboxylic acids is 4. The van der Waals surface area contributed by atoms with E-state index in [2.05, 4.69) is 15.7 Å². The number of esters is 1. The molecule has 1 aliphatic heterocycles. The van der Waals surface area contributed by atoms with Crippen LogP contribution in [0.1, 0.15) is 77.3 Å². The third-order valence-corrected chi connectivity index (χ3v) is 6.80. The third kappa shape index (κ3) is 4.91. The van der Waals surface area contributed by atoms with Crippen LogP contribution < -0.4 is 10.6 Å². The lowest BCUT2D eigenvalue weighted by Gasteiger charge is -2.41. The average Bonchev–Trinajstić information content (AvgIpc) is 3.27. The summed E-state index contributed by atoms with van der Waals surface area (Å²) in [7, 11) is 1.60. The zero-order valence-corrected chi connectivity index (χ0v) is 20.3. The molecule has 2 aliphatic rings. The molecule has 0 unspecified atom stereocenters. The van der Waals surface area contributed by atoms with Crippen LogP contribution in [0, 0.1) is 0 Å². The average molecular weight is 482 g/mol. The molecule has 1 saturated carbocycles. The second kappa shape index (κ2) is 9.89. The Bertz CT molecular complexity index is 1150. The van der Waals surface area contributed by atoms with Gasteiger partial charge in [-0.05, 0) is 44.9 Å². The van der Waals surface area contributed by atoms with Crippen molar-refractivity contribution in [3.63, 3.8) is 0 Å². The van der Waals surface area contributed by atoms with Gasteiger partial charge >= 0.3 is 5.97 Å². The van der Waals surface area contributed by atoms with Crippen molar-refractivity contribution < 1.29 is 23.9 Å². The van der Waals surface area contributed by atoms with E-state index in [1.807, 2.05) is 0 Å². The molecule has 186 valence electrons. The number of hydrogen-bond acceptors (Lipinski definition) is 6. The first-order valence-corrected chi connectivity index (χ1v) is 12.0. The molecule has 1 aliphatic carbocycles. The highest BCUT2D eigenvalue weighted by Crippen LogP contribution is 2.27. The maximum atomic E-state index is 13.2. The van der Waals surface area contributed by atoms with Crippen LogP contribution in [0.4, 0.5) is 5.69 Å². The first-order valence-electron chi connectivity index (χ1n) is 12.0. The summed E-state index contributed by atoms with van der Waals surface area (Å²) in [6.45, 7) is 3.81. The predicted molar refractivity (Wildman–Crippen MR) is 128 cm³/mol. The first-order chi connectivity index (χ1) is 16.7. The number of aromatic nitrogens is 2. The van der Waals surface area contributed by atoms with Gasteiger partial charge in [0.15, 0.2) is 5.69 Å². The summed E-state index contributed by atoms with van der Waals surface area (Å²) < 4.78 is 6.42. The van der Waals surface area contributed by atoms with E-state index >= 15 is 0 Å². The first kappa shape index (κ1) is 24.4. The lowest BCUT2D eigenvalue weighted by Crippen LogP contribution is -2.63. The van der Waals surface area contributed by atoms with Gasteiger partial charge in [-0.1, -0.05) is 25.3 Å². The van der Waals surface area contributed by atoms with E-state index in [4.69, 9.17) is 4.74 Å². The summed E-state index contributed by atoms with van der Waals surface area (Å²) in [6.07, 6.45) is 5.22. The zero-order chi connectivity index (χ0) is 25.2. The number of benzene rings is 1. The number of nitrogens with one attached hydrogen (secondary N) is 2. The number of ether oxygens (including phenoxy) is 1. The molecule has 10 nitrogen and oxygen atoms in total. The van der Waals surface area contributed by atoms with Gasteiger partial charge in [-0.3, -0.25) is 19.1 Å². The molecular weight excluding hydrogens is 450 g/mol. The monoisotopic (exact) mass is 481 g/mol. The van der Waals surface area contributed by atoms with Crippen LogP contribution in [0.2, 0.25) is 0 Å². The molecule has 4 rings (SSSR count). The Morgan fingerprint density at radius 2 is 1.91 bits per heavy atom. The van der Waals surface area contributed by atoms with Gasteiger partial charge in [0.1, 0.15) is 11.2 Å². The fourth-order valence-corrected chi connectivity index (χ4v) is 4.56. The Labute approximate surface area is 204 Å². The number of nitrogens with zero attached hydrogens (tertiary/aromatic N) is 3. The standard InChI is InChI=1S/C25H31N5O5/c1-4-35-23(33)16-9-8-12-18(13-16)26-21(31)19-14-20-22(32)29(3)25(2,15-30(20)28-19)24(34)27-17-10-6-5-7-11-17/h8-9,12-14,17H,4-7,10-11,15H2,1-3H3,(H,26,31)(H,27,34)/t25-/m1/s1. The molecular formula is C25H31N5O5. The highest BCUT2D eigenvalue weighted by atomic mass is 16.5. The lowest BCUT2D eigenvalue weighted by molar-refractivity contribution is -0.133. The summed E-state index contributed by atoms with van der Waals surface area (Å²) >= 11 is 0. The lowest BCUT2D eigenvalue weighted by atomic mass is 9.92. The fraction of sp³-hybridized carbons (Fsp3) is 0.480. The molecule has 1 fully saturated rings. The quantitative estimate of drug-likeness (QED) is 0.612. The Hall–Kier alpha value is -3.69. The molecule has 1 atom stereocenters. The fourth-order valence-electron chi connectivity index (χ4n) is 4.56. The van der Waals surface area contributed by atoms with Crippen molar-refractivity contribution in [2.75, 3.05) is 19.0 Å². The third-order valence-electron chi connectivity index (χ3n) is 6.80. The number of hydrogen-bond donors (Lipinski definition) is 2. The largest absolute Gasteiger partial charge is 0.462 e. The molecule has 10 heteroatoms. The molecule has 1 aromatic heterocycles. The van der Waals surface area contributed by atoms with E-state index in [0.717, 1.165) is 25.7 Å². The van der Waals surface area contributed by atoms with E-state index in [1.165, 1.54) is 28.1 Å².